The molecule has 0 aromatic carbocycles. The number of nitrogens with zero attached hydrogens (tertiary/aromatic N) is 3. The summed E-state index contributed by atoms with van der Waals surface area (Å²) < 4.78 is 0. The maximum atomic E-state index is 8.11. The molecule has 9 heavy (non-hydrogen) atoms. The van der Waals surface area contributed by atoms with Crippen LogP contribution in [-0.4, -0.2) is 10.2 Å². The molecule has 4 nitrogen and oxygen atoms in total. The third-order valence-electron chi connectivity index (χ3n) is 0.689. The van der Waals surface area contributed by atoms with Gasteiger partial charge in [0.15, 0.2) is 6.19 Å². The van der Waals surface area contributed by atoms with Crippen molar-refractivity contribution in [1.82, 2.24) is 10.2 Å². The van der Waals surface area contributed by atoms with E-state index in [1.54, 1.807) is 6.19 Å². The summed E-state index contributed by atoms with van der Waals surface area (Å²) in [6, 6.07) is 0. The van der Waals surface area contributed by atoms with Gasteiger partial charge in [-0.2, -0.15) is 5.26 Å². The van der Waals surface area contributed by atoms with Crippen LogP contribution in [-0.2, 0) is 0 Å². The minimum atomic E-state index is 0.551. The van der Waals surface area contributed by atoms with E-state index in [1.807, 2.05) is 6.92 Å². The molecule has 0 atom stereocenters. The molecule has 0 spiro atoms. The number of nitrogens with one attached hydrogen (secondary N) is 1. The van der Waals surface area contributed by atoms with Crippen molar-refractivity contribution in [3.8, 4) is 6.19 Å². The van der Waals surface area contributed by atoms with Gasteiger partial charge in [0, 0.05) is 0 Å². The average Bonchev–Trinajstić information content (AvgIpc) is 2.17. The van der Waals surface area contributed by atoms with E-state index in [9.17, 15) is 0 Å². The molecule has 0 saturated carbocycles. The maximum absolute atomic E-state index is 8.11. The molecule has 1 heterocycles. The highest BCUT2D eigenvalue weighted by molar-refractivity contribution is 7.15. The fourth-order valence-electron chi connectivity index (χ4n) is 0.395. The number of anilines is 1. The first-order valence-electron chi connectivity index (χ1n) is 2.28. The van der Waals surface area contributed by atoms with Crippen LogP contribution in [0.5, 0.6) is 0 Å². The quantitative estimate of drug-likeness (QED) is 0.461. The minimum Gasteiger partial charge on any atom is -0.267 e. The van der Waals surface area contributed by atoms with E-state index in [0.29, 0.717) is 5.13 Å². The van der Waals surface area contributed by atoms with Gasteiger partial charge in [-0.1, -0.05) is 11.3 Å². The zero-order chi connectivity index (χ0) is 6.69. The number of nitriles is 1. The smallest absolute Gasteiger partial charge is 0.218 e. The second-order valence-electron chi connectivity index (χ2n) is 1.36. The second kappa shape index (κ2) is 2.42. The van der Waals surface area contributed by atoms with E-state index in [-0.39, 0.29) is 0 Å². The molecule has 0 aliphatic rings. The van der Waals surface area contributed by atoms with Crippen LogP contribution in [0.3, 0.4) is 0 Å². The average molecular weight is 140 g/mol. The van der Waals surface area contributed by atoms with Gasteiger partial charge in [0.2, 0.25) is 5.13 Å². The number of hydrogen-bond donors (Lipinski definition) is 1. The molecule has 1 rings (SSSR count). The molecule has 1 aromatic rings. The Balaban J connectivity index is 2.76. The molecule has 46 valence electrons. The van der Waals surface area contributed by atoms with Crippen LogP contribution in [0.15, 0.2) is 0 Å². The summed E-state index contributed by atoms with van der Waals surface area (Å²) in [4.78, 5) is 0. The largest absolute Gasteiger partial charge is 0.267 e. The Bertz CT molecular complexity index is 235. The second-order valence-corrected chi connectivity index (χ2v) is 2.54. The lowest BCUT2D eigenvalue weighted by Gasteiger charge is -1.79. The fourth-order valence-corrected chi connectivity index (χ4v) is 0.935. The first kappa shape index (κ1) is 5.98. The summed E-state index contributed by atoms with van der Waals surface area (Å²) in [5.74, 6) is 0. The molecule has 0 amide bonds. The van der Waals surface area contributed by atoms with Gasteiger partial charge in [0.05, 0.1) is 0 Å². The Labute approximate surface area is 56.2 Å². The number of hydrogen-bond acceptors (Lipinski definition) is 5. The van der Waals surface area contributed by atoms with Gasteiger partial charge < -0.3 is 0 Å². The third kappa shape index (κ3) is 1.37. The lowest BCUT2D eigenvalue weighted by Crippen LogP contribution is -1.84. The van der Waals surface area contributed by atoms with Gasteiger partial charge in [-0.3, -0.25) is 5.32 Å². The highest BCUT2D eigenvalue weighted by Gasteiger charge is 1.95. The molecule has 1 aromatic heterocycles. The van der Waals surface area contributed by atoms with Crippen molar-refractivity contribution in [2.24, 2.45) is 0 Å². The monoisotopic (exact) mass is 140 g/mol. The van der Waals surface area contributed by atoms with Crippen molar-refractivity contribution in [2.75, 3.05) is 5.32 Å². The Kier molecular flexibility index (Phi) is 1.60. The Morgan fingerprint density at radius 1 is 1.67 bits per heavy atom. The number of aromatic nitrogens is 2. The maximum Gasteiger partial charge on any atom is 0.218 e. The first-order chi connectivity index (χ1) is 4.33. The molecule has 0 aliphatic carbocycles. The summed E-state index contributed by atoms with van der Waals surface area (Å²) in [5.41, 5.74) is 0. The van der Waals surface area contributed by atoms with Gasteiger partial charge in [-0.25, -0.2) is 0 Å². The van der Waals surface area contributed by atoms with Crippen LogP contribution in [0, 0.1) is 18.4 Å². The first-order valence-corrected chi connectivity index (χ1v) is 3.10. The SMILES string of the molecule is Cc1nnc(NC#N)s1. The van der Waals surface area contributed by atoms with Crippen LogP contribution in [0.25, 0.3) is 0 Å². The third-order valence-corrected chi connectivity index (χ3v) is 1.44. The molecular formula is C4H4N4S. The van der Waals surface area contributed by atoms with Gasteiger partial charge in [-0.05, 0) is 6.92 Å². The van der Waals surface area contributed by atoms with E-state index < -0.39 is 0 Å². The zero-order valence-corrected chi connectivity index (χ0v) is 5.57. The van der Waals surface area contributed by atoms with Gasteiger partial charge in [0.1, 0.15) is 5.01 Å². The Hall–Kier alpha value is -1.15. The van der Waals surface area contributed by atoms with Gasteiger partial charge in [-0.15, -0.1) is 10.2 Å². The normalized spacial score (nSPS) is 8.44. The van der Waals surface area contributed by atoms with Crippen molar-refractivity contribution < 1.29 is 0 Å². The van der Waals surface area contributed by atoms with E-state index in [0.717, 1.165) is 5.01 Å². The van der Waals surface area contributed by atoms with Crippen LogP contribution >= 0.6 is 11.3 Å². The van der Waals surface area contributed by atoms with Gasteiger partial charge >= 0.3 is 0 Å². The molecule has 0 fully saturated rings. The lowest BCUT2D eigenvalue weighted by molar-refractivity contribution is 1.05. The molecule has 5 heteroatoms. The van der Waals surface area contributed by atoms with Crippen molar-refractivity contribution in [3.63, 3.8) is 0 Å². The summed E-state index contributed by atoms with van der Waals surface area (Å²) in [6.45, 7) is 1.83. The minimum absolute atomic E-state index is 0.551. The molecular weight excluding hydrogens is 136 g/mol. The van der Waals surface area contributed by atoms with E-state index >= 15 is 0 Å². The van der Waals surface area contributed by atoms with E-state index in [4.69, 9.17) is 5.26 Å². The van der Waals surface area contributed by atoms with E-state index in [2.05, 4.69) is 15.5 Å². The Morgan fingerprint density at radius 2 is 2.44 bits per heavy atom. The van der Waals surface area contributed by atoms with Crippen molar-refractivity contribution >= 4 is 16.5 Å². The molecule has 0 unspecified atom stereocenters. The Morgan fingerprint density at radius 3 is 2.89 bits per heavy atom. The van der Waals surface area contributed by atoms with Crippen LogP contribution < -0.4 is 5.32 Å². The topological polar surface area (TPSA) is 61.6 Å². The van der Waals surface area contributed by atoms with Gasteiger partial charge in [0.25, 0.3) is 0 Å². The highest BCUT2D eigenvalue weighted by Crippen LogP contribution is 2.11. The summed E-state index contributed by atoms with van der Waals surface area (Å²) in [6.07, 6.45) is 1.76. The highest BCUT2D eigenvalue weighted by atomic mass is 32.1. The number of aryl methyl sites for hydroxylation is 1. The standard InChI is InChI=1S/C4H4N4S/c1-3-7-8-4(9-3)6-2-5/h1H3,(H,6,8). The van der Waals surface area contributed by atoms with E-state index in [1.165, 1.54) is 11.3 Å². The lowest BCUT2D eigenvalue weighted by atomic mass is 10.9. The van der Waals surface area contributed by atoms with Crippen LogP contribution in [0.1, 0.15) is 5.01 Å². The molecule has 0 saturated heterocycles. The predicted octanol–water partition coefficient (Wildman–Crippen LogP) is 0.739. The van der Waals surface area contributed by atoms with Crippen molar-refractivity contribution in [1.29, 1.82) is 5.26 Å². The predicted molar refractivity (Wildman–Crippen MR) is 33.9 cm³/mol. The van der Waals surface area contributed by atoms with Crippen molar-refractivity contribution in [3.05, 3.63) is 5.01 Å². The van der Waals surface area contributed by atoms with Crippen molar-refractivity contribution in [2.45, 2.75) is 6.92 Å². The molecule has 0 bridgehead atoms. The van der Waals surface area contributed by atoms with Crippen LogP contribution in [0.2, 0.25) is 0 Å². The summed E-state index contributed by atoms with van der Waals surface area (Å²) in [5, 5.41) is 19.2. The fraction of sp³-hybridized carbons (Fsp3) is 0.250. The number of rotatable bonds is 1. The summed E-state index contributed by atoms with van der Waals surface area (Å²) >= 11 is 1.36. The molecule has 0 radical (unpaired) electrons. The molecule has 1 N–H and O–H groups in total. The van der Waals surface area contributed by atoms with Crippen LogP contribution in [0.4, 0.5) is 5.13 Å². The zero-order valence-electron chi connectivity index (χ0n) is 4.75. The molecule has 0 aliphatic heterocycles. The summed E-state index contributed by atoms with van der Waals surface area (Å²) in [7, 11) is 0.